The second-order valence-corrected chi connectivity index (χ2v) is 8.61. The van der Waals surface area contributed by atoms with E-state index in [1.54, 1.807) is 61.7 Å². The molecule has 1 amide bonds. The van der Waals surface area contributed by atoms with E-state index in [1.165, 1.54) is 18.2 Å². The van der Waals surface area contributed by atoms with Crippen LogP contribution in [0.25, 0.3) is 6.08 Å². The minimum atomic E-state index is -3.72. The molecule has 3 N–H and O–H groups in total. The summed E-state index contributed by atoms with van der Waals surface area (Å²) in [5.74, 6) is 0.230. The zero-order chi connectivity index (χ0) is 23.0. The molecule has 0 saturated heterocycles. The van der Waals surface area contributed by atoms with Crippen molar-refractivity contribution >= 4 is 50.7 Å². The van der Waals surface area contributed by atoms with Crippen molar-refractivity contribution in [3.8, 4) is 5.75 Å². The number of methoxy groups -OCH3 is 1. The largest absolute Gasteiger partial charge is 0.496 e. The Morgan fingerprint density at radius 1 is 0.906 bits per heavy atom. The van der Waals surface area contributed by atoms with Gasteiger partial charge < -0.3 is 10.1 Å². The molecule has 0 unspecified atom stereocenters. The fraction of sp³-hybridized carbons (Fsp3) is 0.0435. The van der Waals surface area contributed by atoms with Gasteiger partial charge in [-0.3, -0.25) is 14.8 Å². The van der Waals surface area contributed by atoms with Gasteiger partial charge in [-0.25, -0.2) is 8.42 Å². The van der Waals surface area contributed by atoms with Crippen LogP contribution in [0.15, 0.2) is 89.8 Å². The maximum atomic E-state index is 12.5. The van der Waals surface area contributed by atoms with Crippen molar-refractivity contribution in [3.05, 3.63) is 90.5 Å². The Bertz CT molecular complexity index is 1230. The number of benzene rings is 3. The number of hydrogen-bond donors (Lipinski definition) is 3. The third kappa shape index (κ3) is 6.40. The van der Waals surface area contributed by atoms with Crippen LogP contribution in [0.3, 0.4) is 0 Å². The zero-order valence-electron chi connectivity index (χ0n) is 17.1. The van der Waals surface area contributed by atoms with E-state index >= 15 is 0 Å². The van der Waals surface area contributed by atoms with Crippen LogP contribution in [0.1, 0.15) is 5.56 Å². The van der Waals surface area contributed by atoms with Gasteiger partial charge in [0.2, 0.25) is 5.91 Å². The highest BCUT2D eigenvalue weighted by molar-refractivity contribution is 7.92. The number of sulfonamides is 1. The number of nitrogens with one attached hydrogen (secondary N) is 3. The Morgan fingerprint density at radius 2 is 1.56 bits per heavy atom. The van der Waals surface area contributed by atoms with Crippen LogP contribution in [0, 0.1) is 0 Å². The number of carbonyl (C=O) groups excluding carboxylic acids is 1. The first kappa shape index (κ1) is 23.0. The van der Waals surface area contributed by atoms with Crippen LogP contribution in [0.5, 0.6) is 5.75 Å². The maximum absolute atomic E-state index is 12.5. The van der Waals surface area contributed by atoms with Gasteiger partial charge in [0, 0.05) is 23.0 Å². The second-order valence-electron chi connectivity index (χ2n) is 6.51. The van der Waals surface area contributed by atoms with Gasteiger partial charge in [-0.1, -0.05) is 36.4 Å². The third-order valence-corrected chi connectivity index (χ3v) is 5.84. The molecule has 0 saturated carbocycles. The highest BCUT2D eigenvalue weighted by Gasteiger charge is 2.14. The molecular weight excluding hydrogens is 446 g/mol. The SMILES string of the molecule is COc1ccccc1/C=C/C(=O)NC(=S)Nc1ccc(S(=O)(=O)Nc2ccccc2)cc1. The van der Waals surface area contributed by atoms with E-state index in [2.05, 4.69) is 15.4 Å². The number of carbonyl (C=O) groups is 1. The molecule has 0 heterocycles. The van der Waals surface area contributed by atoms with Crippen molar-refractivity contribution in [1.82, 2.24) is 5.32 Å². The van der Waals surface area contributed by atoms with Crippen molar-refractivity contribution in [1.29, 1.82) is 0 Å². The molecular formula is C23H21N3O4S2. The normalized spacial score (nSPS) is 11.0. The Morgan fingerprint density at radius 3 is 2.25 bits per heavy atom. The van der Waals surface area contributed by atoms with Crippen LogP contribution >= 0.6 is 12.2 Å². The molecule has 9 heteroatoms. The summed E-state index contributed by atoms with van der Waals surface area (Å²) in [6.07, 6.45) is 2.97. The van der Waals surface area contributed by atoms with Gasteiger partial charge in [0.25, 0.3) is 10.0 Å². The highest BCUT2D eigenvalue weighted by Crippen LogP contribution is 2.19. The first-order valence-electron chi connectivity index (χ1n) is 9.48. The van der Waals surface area contributed by atoms with E-state index in [9.17, 15) is 13.2 Å². The summed E-state index contributed by atoms with van der Waals surface area (Å²) in [5.41, 5.74) is 1.76. The molecule has 7 nitrogen and oxygen atoms in total. The molecule has 0 atom stereocenters. The smallest absolute Gasteiger partial charge is 0.261 e. The number of hydrogen-bond acceptors (Lipinski definition) is 5. The molecule has 164 valence electrons. The number of para-hydroxylation sites is 2. The first-order chi connectivity index (χ1) is 15.4. The van der Waals surface area contributed by atoms with Gasteiger partial charge in [0.15, 0.2) is 5.11 Å². The molecule has 0 aliphatic rings. The minimum absolute atomic E-state index is 0.0812. The van der Waals surface area contributed by atoms with Gasteiger partial charge in [-0.05, 0) is 60.8 Å². The summed E-state index contributed by atoms with van der Waals surface area (Å²) < 4.78 is 32.7. The Hall–Kier alpha value is -3.69. The maximum Gasteiger partial charge on any atom is 0.261 e. The topological polar surface area (TPSA) is 96.5 Å². The predicted octanol–water partition coefficient (Wildman–Crippen LogP) is 4.02. The lowest BCUT2D eigenvalue weighted by molar-refractivity contribution is -0.115. The van der Waals surface area contributed by atoms with E-state index in [1.807, 2.05) is 18.2 Å². The van der Waals surface area contributed by atoms with Gasteiger partial charge in [0.05, 0.1) is 12.0 Å². The molecule has 32 heavy (non-hydrogen) atoms. The lowest BCUT2D eigenvalue weighted by Gasteiger charge is -2.10. The van der Waals surface area contributed by atoms with Crippen LogP contribution in [0.4, 0.5) is 11.4 Å². The summed E-state index contributed by atoms with van der Waals surface area (Å²) in [6.45, 7) is 0. The molecule has 0 fully saturated rings. The van der Waals surface area contributed by atoms with Gasteiger partial charge in [0.1, 0.15) is 5.75 Å². The Balaban J connectivity index is 1.57. The molecule has 0 aliphatic carbocycles. The number of anilines is 2. The van der Waals surface area contributed by atoms with E-state index in [0.717, 1.165) is 5.56 Å². The average molecular weight is 468 g/mol. The number of rotatable bonds is 7. The second kappa shape index (κ2) is 10.6. The van der Waals surface area contributed by atoms with Gasteiger partial charge in [-0.15, -0.1) is 0 Å². The Kier molecular flexibility index (Phi) is 7.58. The van der Waals surface area contributed by atoms with Crippen molar-refractivity contribution in [2.45, 2.75) is 4.90 Å². The lowest BCUT2D eigenvalue weighted by Crippen LogP contribution is -2.32. The van der Waals surface area contributed by atoms with Crippen molar-refractivity contribution in [3.63, 3.8) is 0 Å². The first-order valence-corrected chi connectivity index (χ1v) is 11.4. The van der Waals surface area contributed by atoms with Gasteiger partial charge >= 0.3 is 0 Å². The van der Waals surface area contributed by atoms with Crippen LogP contribution in [0.2, 0.25) is 0 Å². The van der Waals surface area contributed by atoms with Crippen molar-refractivity contribution in [2.75, 3.05) is 17.1 Å². The highest BCUT2D eigenvalue weighted by atomic mass is 32.2. The fourth-order valence-corrected chi connectivity index (χ4v) is 4.00. The summed E-state index contributed by atoms with van der Waals surface area (Å²) in [4.78, 5) is 12.2. The quantitative estimate of drug-likeness (QED) is 0.359. The third-order valence-electron chi connectivity index (χ3n) is 4.24. The summed E-state index contributed by atoms with van der Waals surface area (Å²) in [5, 5.41) is 5.47. The molecule has 0 spiro atoms. The minimum Gasteiger partial charge on any atom is -0.496 e. The molecule has 0 aromatic heterocycles. The lowest BCUT2D eigenvalue weighted by atomic mass is 10.2. The Labute approximate surface area is 192 Å². The van der Waals surface area contributed by atoms with E-state index < -0.39 is 15.9 Å². The monoisotopic (exact) mass is 467 g/mol. The zero-order valence-corrected chi connectivity index (χ0v) is 18.7. The standard InChI is InChI=1S/C23H21N3O4S2/c1-30-21-10-6-5-7-17(21)11-16-22(27)25-23(31)24-18-12-14-20(15-13-18)32(28,29)26-19-8-3-2-4-9-19/h2-16,26H,1H3,(H2,24,25,27,31)/b16-11+. The molecule has 3 aromatic rings. The predicted molar refractivity (Wildman–Crippen MR) is 130 cm³/mol. The summed E-state index contributed by atoms with van der Waals surface area (Å²) in [6, 6.07) is 21.9. The average Bonchev–Trinajstić information content (AvgIpc) is 2.78. The van der Waals surface area contributed by atoms with Crippen LogP contribution < -0.4 is 20.1 Å². The molecule has 0 bridgehead atoms. The van der Waals surface area contributed by atoms with E-state index in [0.29, 0.717) is 17.1 Å². The number of ether oxygens (including phenoxy) is 1. The van der Waals surface area contributed by atoms with E-state index in [4.69, 9.17) is 17.0 Å². The van der Waals surface area contributed by atoms with E-state index in [-0.39, 0.29) is 10.0 Å². The number of amides is 1. The summed E-state index contributed by atoms with van der Waals surface area (Å²) in [7, 11) is -2.16. The van der Waals surface area contributed by atoms with Crippen molar-refractivity contribution < 1.29 is 17.9 Å². The van der Waals surface area contributed by atoms with Crippen LogP contribution in [-0.2, 0) is 14.8 Å². The molecule has 0 radical (unpaired) electrons. The van der Waals surface area contributed by atoms with Crippen LogP contribution in [-0.4, -0.2) is 26.5 Å². The van der Waals surface area contributed by atoms with Crippen molar-refractivity contribution in [2.24, 2.45) is 0 Å². The molecule has 3 rings (SSSR count). The van der Waals surface area contributed by atoms with Gasteiger partial charge in [-0.2, -0.15) is 0 Å². The molecule has 3 aromatic carbocycles. The fourth-order valence-electron chi connectivity index (χ4n) is 2.72. The molecule has 0 aliphatic heterocycles. The summed E-state index contributed by atoms with van der Waals surface area (Å²) >= 11 is 5.15. The number of thiocarbonyl (C=S) groups is 1.